The van der Waals surface area contributed by atoms with Gasteiger partial charge >= 0.3 is 0 Å². The molecule has 7 heteroatoms. The van der Waals surface area contributed by atoms with Crippen molar-refractivity contribution in [3.05, 3.63) is 33.9 Å². The van der Waals surface area contributed by atoms with Gasteiger partial charge in [0.1, 0.15) is 5.69 Å². The van der Waals surface area contributed by atoms with E-state index in [1.54, 1.807) is 12.1 Å². The Morgan fingerprint density at radius 3 is 3.10 bits per heavy atom. The quantitative estimate of drug-likeness (QED) is 0.654. The summed E-state index contributed by atoms with van der Waals surface area (Å²) in [6, 6.07) is 6.32. The molecule has 21 heavy (non-hydrogen) atoms. The smallest absolute Gasteiger partial charge is 0.293 e. The van der Waals surface area contributed by atoms with Crippen LogP contribution in [-0.4, -0.2) is 48.7 Å². The summed E-state index contributed by atoms with van der Waals surface area (Å²) in [7, 11) is 0. The fraction of sp³-hybridized carbons (Fsp3) is 0.500. The van der Waals surface area contributed by atoms with Crippen LogP contribution in [0.4, 0.5) is 11.4 Å². The predicted octanol–water partition coefficient (Wildman–Crippen LogP) is 1.60. The summed E-state index contributed by atoms with van der Waals surface area (Å²) in [6.07, 6.45) is 0.00828. The highest BCUT2D eigenvalue weighted by molar-refractivity contribution is 5.64. The molecular weight excluding hydrogens is 272 g/mol. The Morgan fingerprint density at radius 1 is 1.62 bits per heavy atom. The Bertz CT molecular complexity index is 556. The van der Waals surface area contributed by atoms with Gasteiger partial charge < -0.3 is 10.1 Å². The molecule has 0 saturated carbocycles. The summed E-state index contributed by atoms with van der Waals surface area (Å²) in [4.78, 5) is 12.9. The minimum atomic E-state index is -0.483. The van der Waals surface area contributed by atoms with Gasteiger partial charge in [0, 0.05) is 25.7 Å². The van der Waals surface area contributed by atoms with Crippen molar-refractivity contribution in [1.29, 1.82) is 5.26 Å². The van der Waals surface area contributed by atoms with Crippen LogP contribution in [0.15, 0.2) is 18.2 Å². The van der Waals surface area contributed by atoms with Crippen LogP contribution < -0.4 is 5.32 Å². The molecule has 0 aliphatic carbocycles. The van der Waals surface area contributed by atoms with Crippen molar-refractivity contribution in [2.45, 2.75) is 13.0 Å². The number of hydrogen-bond donors (Lipinski definition) is 1. The fourth-order valence-electron chi connectivity index (χ4n) is 2.32. The molecule has 1 saturated heterocycles. The molecule has 1 heterocycles. The Hall–Kier alpha value is -2.17. The molecule has 1 aromatic rings. The molecule has 0 spiro atoms. The minimum Gasteiger partial charge on any atom is -0.377 e. The van der Waals surface area contributed by atoms with Crippen LogP contribution >= 0.6 is 0 Å². The van der Waals surface area contributed by atoms with Crippen molar-refractivity contribution in [1.82, 2.24) is 4.90 Å². The van der Waals surface area contributed by atoms with Crippen LogP contribution in [0.3, 0.4) is 0 Å². The van der Waals surface area contributed by atoms with Gasteiger partial charge in [0.2, 0.25) is 0 Å². The second-order valence-corrected chi connectivity index (χ2v) is 4.87. The lowest BCUT2D eigenvalue weighted by Crippen LogP contribution is -2.45. The van der Waals surface area contributed by atoms with E-state index in [4.69, 9.17) is 10.00 Å². The minimum absolute atomic E-state index is 0.00828. The van der Waals surface area contributed by atoms with Crippen LogP contribution in [0.2, 0.25) is 0 Å². The number of rotatable bonds is 5. The van der Waals surface area contributed by atoms with Gasteiger partial charge in [-0.2, -0.15) is 5.26 Å². The van der Waals surface area contributed by atoms with Crippen LogP contribution in [0.1, 0.15) is 12.5 Å². The number of morpholine rings is 1. The second-order valence-electron chi connectivity index (χ2n) is 4.87. The van der Waals surface area contributed by atoms with Gasteiger partial charge in [-0.15, -0.1) is 0 Å². The zero-order valence-corrected chi connectivity index (χ0v) is 11.9. The average molecular weight is 290 g/mol. The van der Waals surface area contributed by atoms with Crippen LogP contribution in [-0.2, 0) is 4.74 Å². The summed E-state index contributed by atoms with van der Waals surface area (Å²) in [5.41, 5.74) is 0.603. The summed E-state index contributed by atoms with van der Waals surface area (Å²) >= 11 is 0. The number of nitrogens with one attached hydrogen (secondary N) is 1. The topological polar surface area (TPSA) is 91.4 Å². The zero-order valence-electron chi connectivity index (χ0n) is 11.9. The normalized spacial score (nSPS) is 19.0. The van der Waals surface area contributed by atoms with Crippen molar-refractivity contribution >= 4 is 11.4 Å². The zero-order chi connectivity index (χ0) is 15.2. The third-order valence-corrected chi connectivity index (χ3v) is 3.51. The molecular formula is C14H18N4O3. The Labute approximate surface area is 123 Å². The molecule has 7 nitrogen and oxygen atoms in total. The Morgan fingerprint density at radius 2 is 2.43 bits per heavy atom. The predicted molar refractivity (Wildman–Crippen MR) is 78.2 cm³/mol. The molecule has 1 fully saturated rings. The third kappa shape index (κ3) is 3.90. The van der Waals surface area contributed by atoms with Crippen molar-refractivity contribution < 1.29 is 9.66 Å². The van der Waals surface area contributed by atoms with E-state index in [0.29, 0.717) is 18.8 Å². The monoisotopic (exact) mass is 290 g/mol. The lowest BCUT2D eigenvalue weighted by Gasteiger charge is -2.32. The summed E-state index contributed by atoms with van der Waals surface area (Å²) in [6.45, 7) is 5.98. The highest BCUT2D eigenvalue weighted by Gasteiger charge is 2.21. The van der Waals surface area contributed by atoms with Crippen molar-refractivity contribution in [2.24, 2.45) is 0 Å². The highest BCUT2D eigenvalue weighted by Crippen LogP contribution is 2.25. The Balaban J connectivity index is 2.03. The third-order valence-electron chi connectivity index (χ3n) is 3.51. The number of nitro benzene ring substituents is 1. The van der Waals surface area contributed by atoms with Gasteiger partial charge in [-0.1, -0.05) is 6.92 Å². The molecule has 2 rings (SSSR count). The number of nitro groups is 1. The Kier molecular flexibility index (Phi) is 5.09. The van der Waals surface area contributed by atoms with Gasteiger partial charge in [-0.05, 0) is 18.7 Å². The molecule has 1 aromatic carbocycles. The lowest BCUT2D eigenvalue weighted by molar-refractivity contribution is -0.384. The van der Waals surface area contributed by atoms with Crippen molar-refractivity contribution in [3.63, 3.8) is 0 Å². The van der Waals surface area contributed by atoms with Gasteiger partial charge in [0.15, 0.2) is 0 Å². The first-order valence-corrected chi connectivity index (χ1v) is 6.90. The standard InChI is InChI=1S/C14H18N4O3/c1-2-17-5-6-21-12(10-17)9-16-13-4-3-11(8-15)7-14(13)18(19)20/h3-4,7,12,16H,2,5-6,9-10H2,1H3. The van der Waals surface area contributed by atoms with E-state index >= 15 is 0 Å². The van der Waals surface area contributed by atoms with Crippen molar-refractivity contribution in [2.75, 3.05) is 38.1 Å². The van der Waals surface area contributed by atoms with Gasteiger partial charge in [0.25, 0.3) is 5.69 Å². The largest absolute Gasteiger partial charge is 0.377 e. The van der Waals surface area contributed by atoms with Crippen LogP contribution in [0, 0.1) is 21.4 Å². The molecule has 0 amide bonds. The molecule has 1 atom stereocenters. The molecule has 1 aliphatic heterocycles. The summed E-state index contributed by atoms with van der Waals surface area (Å²) in [5, 5.41) is 22.9. The number of nitrogens with zero attached hydrogens (tertiary/aromatic N) is 3. The number of likely N-dealkylation sites (N-methyl/N-ethyl adjacent to an activating group) is 1. The van der Waals surface area contributed by atoms with E-state index in [1.165, 1.54) is 6.07 Å². The first-order valence-electron chi connectivity index (χ1n) is 6.90. The van der Waals surface area contributed by atoms with E-state index in [-0.39, 0.29) is 17.4 Å². The van der Waals surface area contributed by atoms with E-state index < -0.39 is 4.92 Å². The highest BCUT2D eigenvalue weighted by atomic mass is 16.6. The maximum atomic E-state index is 11.1. The maximum Gasteiger partial charge on any atom is 0.293 e. The number of ether oxygens (including phenoxy) is 1. The lowest BCUT2D eigenvalue weighted by atomic mass is 10.2. The molecule has 1 aliphatic rings. The molecule has 0 radical (unpaired) electrons. The average Bonchev–Trinajstić information content (AvgIpc) is 2.52. The molecule has 1 N–H and O–H groups in total. The van der Waals surface area contributed by atoms with Crippen LogP contribution in [0.25, 0.3) is 0 Å². The number of hydrogen-bond acceptors (Lipinski definition) is 6. The van der Waals surface area contributed by atoms with E-state index in [2.05, 4.69) is 17.1 Å². The molecule has 112 valence electrons. The first kappa shape index (κ1) is 15.2. The first-order chi connectivity index (χ1) is 10.1. The second kappa shape index (κ2) is 7.02. The summed E-state index contributed by atoms with van der Waals surface area (Å²) < 4.78 is 5.65. The SMILES string of the molecule is CCN1CCOC(CNc2ccc(C#N)cc2[N+](=O)[O-])C1. The molecule has 1 unspecified atom stereocenters. The maximum absolute atomic E-state index is 11.1. The fourth-order valence-corrected chi connectivity index (χ4v) is 2.32. The molecule has 0 aromatic heterocycles. The van der Waals surface area contributed by atoms with E-state index in [9.17, 15) is 10.1 Å². The van der Waals surface area contributed by atoms with Gasteiger partial charge in [-0.3, -0.25) is 15.0 Å². The van der Waals surface area contributed by atoms with E-state index in [0.717, 1.165) is 19.6 Å². The van der Waals surface area contributed by atoms with E-state index in [1.807, 2.05) is 6.07 Å². The van der Waals surface area contributed by atoms with Crippen LogP contribution in [0.5, 0.6) is 0 Å². The van der Waals surface area contributed by atoms with Gasteiger partial charge in [-0.25, -0.2) is 0 Å². The summed E-state index contributed by atoms with van der Waals surface area (Å²) in [5.74, 6) is 0. The van der Waals surface area contributed by atoms with Crippen molar-refractivity contribution in [3.8, 4) is 6.07 Å². The number of benzene rings is 1. The molecule has 0 bridgehead atoms. The number of anilines is 1. The van der Waals surface area contributed by atoms with Gasteiger partial charge in [0.05, 0.1) is 29.3 Å². The number of nitriles is 1.